The molecule has 0 aliphatic carbocycles. The average Bonchev–Trinajstić information content (AvgIpc) is 3.51. The van der Waals surface area contributed by atoms with Crippen LogP contribution in [0.1, 0.15) is 53.9 Å². The fourth-order valence-corrected chi connectivity index (χ4v) is 5.91. The second kappa shape index (κ2) is 15.3. The highest BCUT2D eigenvalue weighted by atomic mass is 16.7. The lowest BCUT2D eigenvalue weighted by Gasteiger charge is -2.38. The number of esters is 1. The molecule has 2 aliphatic heterocycles. The van der Waals surface area contributed by atoms with E-state index in [-0.39, 0.29) is 31.5 Å². The molecule has 2 fully saturated rings. The highest BCUT2D eigenvalue weighted by Crippen LogP contribution is 2.39. The minimum absolute atomic E-state index is 0.0301. The monoisotopic (exact) mass is 603 g/mol. The van der Waals surface area contributed by atoms with Crippen molar-refractivity contribution in [2.24, 2.45) is 0 Å². The molecule has 0 spiro atoms. The van der Waals surface area contributed by atoms with Crippen molar-refractivity contribution in [3.05, 3.63) is 101 Å². The molecule has 4 N–H and O–H groups in total. The number of rotatable bonds is 11. The van der Waals surface area contributed by atoms with Gasteiger partial charge in [0.25, 0.3) is 0 Å². The Labute approximate surface area is 257 Å². The Bertz CT molecular complexity index is 1370. The average molecular weight is 604 g/mol. The summed E-state index contributed by atoms with van der Waals surface area (Å²) in [5.41, 5.74) is 3.96. The summed E-state index contributed by atoms with van der Waals surface area (Å²) < 4.78 is 17.9. The fraction of sp³-hybridized carbons (Fsp3) is 0.412. The van der Waals surface area contributed by atoms with Crippen LogP contribution in [0.3, 0.4) is 0 Å². The van der Waals surface area contributed by atoms with Crippen LogP contribution in [0.5, 0.6) is 0 Å². The Morgan fingerprint density at radius 2 is 1.77 bits per heavy atom. The van der Waals surface area contributed by atoms with Gasteiger partial charge in [-0.15, -0.1) is 0 Å². The SMILES string of the molecule is COC(=O)[C@H](Cc1ccccc1)NC(=O)Nc1cccc([C@@H]2O[C@H](CN3CCC[C@H]3CO)C[C@H](c3ccc(CO)cc3)O2)c1. The van der Waals surface area contributed by atoms with E-state index in [9.17, 15) is 19.8 Å². The third kappa shape index (κ3) is 8.22. The van der Waals surface area contributed by atoms with Gasteiger partial charge in [0.05, 0.1) is 32.5 Å². The van der Waals surface area contributed by atoms with Crippen molar-refractivity contribution < 1.29 is 34.0 Å². The predicted molar refractivity (Wildman–Crippen MR) is 165 cm³/mol. The van der Waals surface area contributed by atoms with Crippen molar-refractivity contribution in [2.75, 3.05) is 32.1 Å². The number of nitrogens with zero attached hydrogens (tertiary/aromatic N) is 1. The molecule has 5 rings (SSSR count). The van der Waals surface area contributed by atoms with Crippen LogP contribution in [-0.2, 0) is 32.0 Å². The van der Waals surface area contributed by atoms with E-state index in [1.54, 1.807) is 12.1 Å². The van der Waals surface area contributed by atoms with Gasteiger partial charge in [-0.3, -0.25) is 4.90 Å². The summed E-state index contributed by atoms with van der Waals surface area (Å²) >= 11 is 0. The van der Waals surface area contributed by atoms with Crippen LogP contribution in [-0.4, -0.2) is 72.1 Å². The Morgan fingerprint density at radius 1 is 0.977 bits per heavy atom. The van der Waals surface area contributed by atoms with Crippen LogP contribution in [0.15, 0.2) is 78.9 Å². The fourth-order valence-electron chi connectivity index (χ4n) is 5.91. The first-order valence-corrected chi connectivity index (χ1v) is 15.1. The molecule has 3 aromatic carbocycles. The molecule has 0 radical (unpaired) electrons. The van der Waals surface area contributed by atoms with Crippen molar-refractivity contribution in [3.63, 3.8) is 0 Å². The first-order valence-electron chi connectivity index (χ1n) is 15.1. The van der Waals surface area contributed by atoms with E-state index in [0.29, 0.717) is 25.1 Å². The number of nitrogens with one attached hydrogen (secondary N) is 2. The predicted octanol–water partition coefficient (Wildman–Crippen LogP) is 4.09. The van der Waals surface area contributed by atoms with Crippen molar-refractivity contribution >= 4 is 17.7 Å². The van der Waals surface area contributed by atoms with E-state index >= 15 is 0 Å². The molecule has 0 unspecified atom stereocenters. The molecule has 2 saturated heterocycles. The summed E-state index contributed by atoms with van der Waals surface area (Å²) in [6.45, 7) is 1.68. The van der Waals surface area contributed by atoms with Crippen LogP contribution in [0.2, 0.25) is 0 Å². The maximum Gasteiger partial charge on any atom is 0.328 e. The highest BCUT2D eigenvalue weighted by Gasteiger charge is 2.35. The second-order valence-corrected chi connectivity index (χ2v) is 11.3. The van der Waals surface area contributed by atoms with Crippen LogP contribution < -0.4 is 10.6 Å². The Kier molecular flexibility index (Phi) is 11.0. The molecular formula is C34H41N3O7. The van der Waals surface area contributed by atoms with Crippen molar-refractivity contribution in [1.82, 2.24) is 10.2 Å². The summed E-state index contributed by atoms with van der Waals surface area (Å²) in [7, 11) is 1.29. The summed E-state index contributed by atoms with van der Waals surface area (Å²) in [5.74, 6) is -0.535. The van der Waals surface area contributed by atoms with Gasteiger partial charge in [0.15, 0.2) is 6.29 Å². The summed E-state index contributed by atoms with van der Waals surface area (Å²) in [4.78, 5) is 27.7. The van der Waals surface area contributed by atoms with Gasteiger partial charge in [0.1, 0.15) is 6.04 Å². The van der Waals surface area contributed by atoms with Gasteiger partial charge in [-0.05, 0) is 48.2 Å². The number of hydrogen-bond acceptors (Lipinski definition) is 8. The molecule has 0 saturated carbocycles. The molecule has 0 bridgehead atoms. The van der Waals surface area contributed by atoms with Crippen molar-refractivity contribution in [2.45, 2.75) is 62.9 Å². The molecule has 10 heteroatoms. The van der Waals surface area contributed by atoms with Gasteiger partial charge >= 0.3 is 12.0 Å². The Balaban J connectivity index is 1.30. The largest absolute Gasteiger partial charge is 0.467 e. The summed E-state index contributed by atoms with van der Waals surface area (Å²) in [6.07, 6.45) is 1.84. The van der Waals surface area contributed by atoms with E-state index in [0.717, 1.165) is 41.6 Å². The minimum Gasteiger partial charge on any atom is -0.467 e. The maximum atomic E-state index is 13.0. The molecule has 5 atom stereocenters. The number of aliphatic hydroxyl groups is 2. The number of ether oxygens (including phenoxy) is 3. The smallest absolute Gasteiger partial charge is 0.328 e. The number of amides is 2. The number of carbonyl (C=O) groups is 2. The molecule has 2 heterocycles. The highest BCUT2D eigenvalue weighted by molar-refractivity contribution is 5.92. The summed E-state index contributed by atoms with van der Waals surface area (Å²) in [5, 5.41) is 24.9. The van der Waals surface area contributed by atoms with Crippen molar-refractivity contribution in [1.29, 1.82) is 0 Å². The lowest BCUT2D eigenvalue weighted by molar-refractivity contribution is -0.253. The van der Waals surface area contributed by atoms with Gasteiger partial charge in [0, 0.05) is 36.7 Å². The number of hydrogen-bond donors (Lipinski definition) is 4. The van der Waals surface area contributed by atoms with Gasteiger partial charge in [-0.25, -0.2) is 9.59 Å². The van der Waals surface area contributed by atoms with Gasteiger partial charge in [-0.2, -0.15) is 0 Å². The number of methoxy groups -OCH3 is 1. The van der Waals surface area contributed by atoms with Crippen LogP contribution >= 0.6 is 0 Å². The number of benzene rings is 3. The zero-order chi connectivity index (χ0) is 30.9. The van der Waals surface area contributed by atoms with E-state index in [1.165, 1.54) is 7.11 Å². The molecule has 2 aliphatic rings. The van der Waals surface area contributed by atoms with Gasteiger partial charge < -0.3 is 35.1 Å². The van der Waals surface area contributed by atoms with Gasteiger partial charge in [0.2, 0.25) is 0 Å². The molecule has 44 heavy (non-hydrogen) atoms. The summed E-state index contributed by atoms with van der Waals surface area (Å²) in [6, 6.07) is 23.1. The Hall–Kier alpha value is -3.80. The molecule has 0 aromatic heterocycles. The second-order valence-electron chi connectivity index (χ2n) is 11.3. The maximum absolute atomic E-state index is 13.0. The molecule has 234 valence electrons. The van der Waals surface area contributed by atoms with Gasteiger partial charge in [-0.1, -0.05) is 66.7 Å². The first-order chi connectivity index (χ1) is 21.4. The van der Waals surface area contributed by atoms with Crippen LogP contribution in [0.25, 0.3) is 0 Å². The zero-order valence-electron chi connectivity index (χ0n) is 24.9. The van der Waals surface area contributed by atoms with Crippen LogP contribution in [0, 0.1) is 0 Å². The standard InChI is InChI=1S/C34H41N3O7/c1-42-32(40)30(17-23-7-3-2-4-8-23)36-34(41)35-27-10-5-9-26(18-27)33-43-29(20-37-16-6-11-28(37)22-39)19-31(44-33)25-14-12-24(21-38)13-15-25/h2-5,7-10,12-15,18,28-31,33,38-39H,6,11,16-17,19-22H2,1H3,(H2,35,36,41)/t28-,29-,30-,31+,33+/m0/s1. The van der Waals surface area contributed by atoms with Crippen LogP contribution in [0.4, 0.5) is 10.5 Å². The number of carbonyl (C=O) groups excluding carboxylic acids is 2. The molecule has 2 amide bonds. The number of anilines is 1. The van der Waals surface area contributed by atoms with Crippen molar-refractivity contribution in [3.8, 4) is 0 Å². The topological polar surface area (TPSA) is 130 Å². The van der Waals surface area contributed by atoms with E-state index in [2.05, 4.69) is 15.5 Å². The molecule has 10 nitrogen and oxygen atoms in total. The lowest BCUT2D eigenvalue weighted by atomic mass is 9.99. The zero-order valence-corrected chi connectivity index (χ0v) is 24.9. The molecular weight excluding hydrogens is 562 g/mol. The van der Waals surface area contributed by atoms with E-state index < -0.39 is 24.3 Å². The normalized spacial score (nSPS) is 22.7. The minimum atomic E-state index is -0.859. The first kappa shape index (κ1) is 31.6. The molecule has 3 aromatic rings. The quantitative estimate of drug-likeness (QED) is 0.241. The number of aliphatic hydroxyl groups excluding tert-OH is 2. The third-order valence-corrected chi connectivity index (χ3v) is 8.25. The number of likely N-dealkylation sites (tertiary alicyclic amines) is 1. The lowest BCUT2D eigenvalue weighted by Crippen LogP contribution is -2.45. The van der Waals surface area contributed by atoms with E-state index in [4.69, 9.17) is 14.2 Å². The van der Waals surface area contributed by atoms with E-state index in [1.807, 2.05) is 66.7 Å². The third-order valence-electron chi connectivity index (χ3n) is 8.25. The number of urea groups is 1. The Morgan fingerprint density at radius 3 is 2.50 bits per heavy atom.